The van der Waals surface area contributed by atoms with Crippen LogP contribution in [-0.2, 0) is 9.59 Å². The number of amides is 2. The van der Waals surface area contributed by atoms with Crippen molar-refractivity contribution in [1.29, 1.82) is 0 Å². The fourth-order valence-corrected chi connectivity index (χ4v) is 2.90. The first-order valence-corrected chi connectivity index (χ1v) is 7.52. The number of carbonyl (C=O) groups excluding carboxylic acids is 2. The first-order valence-electron chi connectivity index (χ1n) is 7.52. The molecule has 5 heteroatoms. The van der Waals surface area contributed by atoms with Crippen molar-refractivity contribution in [3.05, 3.63) is 0 Å². The molecular formula is C14H25N3O2. The first kappa shape index (κ1) is 14.3. The maximum atomic E-state index is 12.0. The third-order valence-electron chi connectivity index (χ3n) is 3.95. The quantitative estimate of drug-likeness (QED) is 0.789. The molecule has 0 aromatic rings. The largest absolute Gasteiger partial charge is 0.354 e. The second-order valence-electron chi connectivity index (χ2n) is 5.67. The maximum Gasteiger partial charge on any atom is 0.234 e. The van der Waals surface area contributed by atoms with E-state index in [-0.39, 0.29) is 11.8 Å². The Balaban J connectivity index is 1.71. The highest BCUT2D eigenvalue weighted by Gasteiger charge is 2.20. The molecule has 0 atom stereocenters. The molecule has 0 unspecified atom stereocenters. The van der Waals surface area contributed by atoms with Gasteiger partial charge in [0.05, 0.1) is 13.1 Å². The average molecular weight is 267 g/mol. The summed E-state index contributed by atoms with van der Waals surface area (Å²) < 4.78 is 0. The molecule has 2 N–H and O–H groups in total. The van der Waals surface area contributed by atoms with E-state index in [9.17, 15) is 9.59 Å². The van der Waals surface area contributed by atoms with Crippen LogP contribution in [0.4, 0.5) is 0 Å². The van der Waals surface area contributed by atoms with Crippen molar-refractivity contribution in [3.63, 3.8) is 0 Å². The zero-order valence-electron chi connectivity index (χ0n) is 11.6. The number of nitrogens with zero attached hydrogens (tertiary/aromatic N) is 1. The first-order chi connectivity index (χ1) is 9.24. The van der Waals surface area contributed by atoms with Gasteiger partial charge in [-0.25, -0.2) is 0 Å². The summed E-state index contributed by atoms with van der Waals surface area (Å²) in [6, 6.07) is 0.339. The zero-order valence-corrected chi connectivity index (χ0v) is 11.6. The topological polar surface area (TPSA) is 61.4 Å². The van der Waals surface area contributed by atoms with Gasteiger partial charge in [-0.1, -0.05) is 32.1 Å². The van der Waals surface area contributed by atoms with Gasteiger partial charge in [-0.2, -0.15) is 0 Å². The van der Waals surface area contributed by atoms with E-state index >= 15 is 0 Å². The van der Waals surface area contributed by atoms with E-state index in [0.717, 1.165) is 19.4 Å². The number of carbonyl (C=O) groups is 2. The lowest BCUT2D eigenvalue weighted by Crippen LogP contribution is -2.51. The predicted molar refractivity (Wildman–Crippen MR) is 73.7 cm³/mol. The van der Waals surface area contributed by atoms with Crippen LogP contribution >= 0.6 is 0 Å². The molecule has 2 amide bonds. The Hall–Kier alpha value is -1.10. The molecule has 0 radical (unpaired) electrons. The molecule has 2 fully saturated rings. The van der Waals surface area contributed by atoms with Crippen molar-refractivity contribution in [2.45, 2.75) is 51.0 Å². The van der Waals surface area contributed by atoms with Gasteiger partial charge in [0.25, 0.3) is 0 Å². The molecule has 0 bridgehead atoms. The van der Waals surface area contributed by atoms with Gasteiger partial charge >= 0.3 is 0 Å². The van der Waals surface area contributed by atoms with E-state index in [1.54, 1.807) is 0 Å². The van der Waals surface area contributed by atoms with Gasteiger partial charge in [0.15, 0.2) is 0 Å². The van der Waals surface area contributed by atoms with Gasteiger partial charge in [-0.05, 0) is 12.8 Å². The summed E-state index contributed by atoms with van der Waals surface area (Å²) in [7, 11) is 0. The fraction of sp³-hybridized carbons (Fsp3) is 0.857. The molecule has 2 aliphatic rings. The van der Waals surface area contributed by atoms with Gasteiger partial charge in [0, 0.05) is 19.1 Å². The van der Waals surface area contributed by atoms with E-state index in [1.807, 2.05) is 4.90 Å². The van der Waals surface area contributed by atoms with Crippen LogP contribution in [0.15, 0.2) is 0 Å². The predicted octanol–water partition coefficient (Wildman–Crippen LogP) is 0.647. The number of nitrogens with one attached hydrogen (secondary N) is 2. The molecule has 1 saturated heterocycles. The standard InChI is InChI=1S/C14H25N3O2/c18-13-10-17(9-8-15-13)11-14(19)16-12-6-4-2-1-3-5-7-12/h12H,1-11H2,(H,15,18)(H,16,19). The van der Waals surface area contributed by atoms with Crippen molar-refractivity contribution in [1.82, 2.24) is 15.5 Å². The van der Waals surface area contributed by atoms with Gasteiger partial charge in [-0.15, -0.1) is 0 Å². The average Bonchev–Trinajstić information content (AvgIpc) is 2.32. The molecule has 1 saturated carbocycles. The molecule has 108 valence electrons. The maximum absolute atomic E-state index is 12.0. The third kappa shape index (κ3) is 5.19. The van der Waals surface area contributed by atoms with Crippen molar-refractivity contribution in [3.8, 4) is 0 Å². The zero-order chi connectivity index (χ0) is 13.5. The number of hydrogen-bond donors (Lipinski definition) is 2. The highest BCUT2D eigenvalue weighted by atomic mass is 16.2. The monoisotopic (exact) mass is 267 g/mol. The Kier molecular flexibility index (Phi) is 5.63. The van der Waals surface area contributed by atoms with E-state index in [1.165, 1.54) is 32.1 Å². The van der Waals surface area contributed by atoms with Crippen molar-refractivity contribution in [2.24, 2.45) is 0 Å². The Bertz CT molecular complexity index is 312. The van der Waals surface area contributed by atoms with Crippen LogP contribution in [0.1, 0.15) is 44.9 Å². The summed E-state index contributed by atoms with van der Waals surface area (Å²) in [4.78, 5) is 25.2. The van der Waals surface area contributed by atoms with Crippen LogP contribution in [0, 0.1) is 0 Å². The van der Waals surface area contributed by atoms with E-state index in [4.69, 9.17) is 0 Å². The molecule has 1 aliphatic carbocycles. The minimum Gasteiger partial charge on any atom is -0.354 e. The van der Waals surface area contributed by atoms with Crippen LogP contribution in [-0.4, -0.2) is 48.9 Å². The third-order valence-corrected chi connectivity index (χ3v) is 3.95. The van der Waals surface area contributed by atoms with Crippen LogP contribution < -0.4 is 10.6 Å². The summed E-state index contributed by atoms with van der Waals surface area (Å²) in [6.07, 6.45) is 8.56. The number of hydrogen-bond acceptors (Lipinski definition) is 3. The molecule has 19 heavy (non-hydrogen) atoms. The van der Waals surface area contributed by atoms with E-state index in [2.05, 4.69) is 10.6 Å². The molecule has 0 spiro atoms. The Morgan fingerprint density at radius 3 is 2.58 bits per heavy atom. The summed E-state index contributed by atoms with van der Waals surface area (Å²) >= 11 is 0. The Labute approximate surface area is 115 Å². The van der Waals surface area contributed by atoms with Crippen molar-refractivity contribution >= 4 is 11.8 Å². The number of rotatable bonds is 3. The fourth-order valence-electron chi connectivity index (χ4n) is 2.90. The van der Waals surface area contributed by atoms with Gasteiger partial charge in [-0.3, -0.25) is 14.5 Å². The molecule has 0 aromatic carbocycles. The summed E-state index contributed by atoms with van der Waals surface area (Å²) in [5.41, 5.74) is 0. The molecule has 0 aromatic heterocycles. The molecule has 2 rings (SSSR count). The highest BCUT2D eigenvalue weighted by molar-refractivity contribution is 5.81. The van der Waals surface area contributed by atoms with Crippen LogP contribution in [0.25, 0.3) is 0 Å². The summed E-state index contributed by atoms with van der Waals surface area (Å²) in [5.74, 6) is 0.0882. The lowest BCUT2D eigenvalue weighted by molar-refractivity contribution is -0.127. The minimum absolute atomic E-state index is 0.0185. The van der Waals surface area contributed by atoms with Crippen LogP contribution in [0.3, 0.4) is 0 Å². The Morgan fingerprint density at radius 2 is 1.89 bits per heavy atom. The van der Waals surface area contributed by atoms with Crippen LogP contribution in [0.2, 0.25) is 0 Å². The normalized spacial score (nSPS) is 23.3. The number of piperazine rings is 1. The smallest absolute Gasteiger partial charge is 0.234 e. The van der Waals surface area contributed by atoms with Crippen molar-refractivity contribution < 1.29 is 9.59 Å². The van der Waals surface area contributed by atoms with Gasteiger partial charge < -0.3 is 10.6 Å². The van der Waals surface area contributed by atoms with Crippen LogP contribution in [0.5, 0.6) is 0 Å². The lowest BCUT2D eigenvalue weighted by Gasteiger charge is -2.27. The van der Waals surface area contributed by atoms with Crippen molar-refractivity contribution in [2.75, 3.05) is 26.2 Å². The molecule has 1 heterocycles. The highest BCUT2D eigenvalue weighted by Crippen LogP contribution is 2.17. The molecule has 1 aliphatic heterocycles. The molecular weight excluding hydrogens is 242 g/mol. The second kappa shape index (κ2) is 7.48. The Morgan fingerprint density at radius 1 is 1.21 bits per heavy atom. The van der Waals surface area contributed by atoms with Gasteiger partial charge in [0.2, 0.25) is 11.8 Å². The second-order valence-corrected chi connectivity index (χ2v) is 5.67. The SMILES string of the molecule is O=C1CN(CC(=O)NC2CCCCCCC2)CCN1. The van der Waals surface area contributed by atoms with Gasteiger partial charge in [0.1, 0.15) is 0 Å². The summed E-state index contributed by atoms with van der Waals surface area (Å²) in [6.45, 7) is 2.11. The minimum atomic E-state index is 0.0185. The van der Waals surface area contributed by atoms with E-state index < -0.39 is 0 Å². The summed E-state index contributed by atoms with van der Waals surface area (Å²) in [5, 5.41) is 5.91. The van der Waals surface area contributed by atoms with E-state index in [0.29, 0.717) is 25.7 Å². The molecule has 5 nitrogen and oxygen atoms in total. The lowest BCUT2D eigenvalue weighted by atomic mass is 9.97.